The first-order chi connectivity index (χ1) is 7.13. The molecule has 0 atom stereocenters. The Morgan fingerprint density at radius 3 is 2.87 bits per heavy atom. The Labute approximate surface area is 89.0 Å². The first-order valence-corrected chi connectivity index (χ1v) is 4.91. The number of hydrogen-bond acceptors (Lipinski definition) is 2. The number of allylic oxidation sites excluding steroid dienone is 1. The number of halogens is 1. The highest BCUT2D eigenvalue weighted by molar-refractivity contribution is 5.28. The van der Waals surface area contributed by atoms with E-state index in [0.717, 1.165) is 5.56 Å². The van der Waals surface area contributed by atoms with E-state index < -0.39 is 5.82 Å². The summed E-state index contributed by atoms with van der Waals surface area (Å²) in [5.74, 6) is -0.206. The Morgan fingerprint density at radius 1 is 1.53 bits per heavy atom. The van der Waals surface area contributed by atoms with Gasteiger partial charge in [-0.1, -0.05) is 12.6 Å². The predicted molar refractivity (Wildman–Crippen MR) is 57.2 cm³/mol. The van der Waals surface area contributed by atoms with Gasteiger partial charge in [0.15, 0.2) is 11.6 Å². The largest absolute Gasteiger partial charge is 0.505 e. The van der Waals surface area contributed by atoms with Crippen LogP contribution in [0.2, 0.25) is 0 Å². The SMILES string of the molecule is C=C(CCc1ccc(O)c(F)c1)OCC. The van der Waals surface area contributed by atoms with E-state index in [1.54, 1.807) is 6.07 Å². The van der Waals surface area contributed by atoms with Gasteiger partial charge in [0.25, 0.3) is 0 Å². The molecule has 0 aliphatic rings. The Hall–Kier alpha value is -1.51. The molecular formula is C12H15FO2. The number of phenols is 1. The number of hydrogen-bond donors (Lipinski definition) is 1. The second-order valence-corrected chi connectivity index (χ2v) is 3.26. The molecule has 0 fully saturated rings. The predicted octanol–water partition coefficient (Wildman–Crippen LogP) is 3.01. The number of aromatic hydroxyl groups is 1. The molecule has 2 nitrogen and oxygen atoms in total. The molecule has 0 saturated heterocycles. The molecule has 0 heterocycles. The van der Waals surface area contributed by atoms with Crippen LogP contribution in [0.25, 0.3) is 0 Å². The zero-order valence-corrected chi connectivity index (χ0v) is 8.79. The lowest BCUT2D eigenvalue weighted by Gasteiger charge is -2.06. The average molecular weight is 210 g/mol. The van der Waals surface area contributed by atoms with Crippen LogP contribution < -0.4 is 0 Å². The molecule has 1 N–H and O–H groups in total. The lowest BCUT2D eigenvalue weighted by atomic mass is 10.1. The van der Waals surface area contributed by atoms with Gasteiger partial charge in [-0.05, 0) is 31.0 Å². The molecule has 82 valence electrons. The van der Waals surface area contributed by atoms with Crippen molar-refractivity contribution in [1.82, 2.24) is 0 Å². The smallest absolute Gasteiger partial charge is 0.165 e. The van der Waals surface area contributed by atoms with Crippen LogP contribution in [0.3, 0.4) is 0 Å². The number of rotatable bonds is 5. The quantitative estimate of drug-likeness (QED) is 0.757. The summed E-state index contributed by atoms with van der Waals surface area (Å²) in [6.45, 7) is 6.23. The van der Waals surface area contributed by atoms with Crippen molar-refractivity contribution in [2.24, 2.45) is 0 Å². The summed E-state index contributed by atoms with van der Waals surface area (Å²) in [5, 5.41) is 8.99. The van der Waals surface area contributed by atoms with Crippen molar-refractivity contribution in [3.8, 4) is 5.75 Å². The molecule has 0 aromatic heterocycles. The molecule has 0 amide bonds. The Kier molecular flexibility index (Phi) is 4.16. The van der Waals surface area contributed by atoms with Crippen LogP contribution in [-0.2, 0) is 11.2 Å². The van der Waals surface area contributed by atoms with Crippen molar-refractivity contribution in [3.63, 3.8) is 0 Å². The number of phenolic OH excluding ortho intramolecular Hbond substituents is 1. The maximum Gasteiger partial charge on any atom is 0.165 e. The van der Waals surface area contributed by atoms with Gasteiger partial charge in [0, 0.05) is 6.42 Å². The molecule has 0 aliphatic heterocycles. The molecule has 1 aromatic carbocycles. The number of ether oxygens (including phenoxy) is 1. The molecular weight excluding hydrogens is 195 g/mol. The van der Waals surface area contributed by atoms with Gasteiger partial charge in [0.1, 0.15) is 0 Å². The standard InChI is InChI=1S/C12H15FO2/c1-3-15-9(2)4-5-10-6-7-12(14)11(13)8-10/h6-8,14H,2-5H2,1H3. The zero-order chi connectivity index (χ0) is 11.3. The van der Waals surface area contributed by atoms with E-state index in [1.807, 2.05) is 6.92 Å². The summed E-state index contributed by atoms with van der Waals surface area (Å²) in [4.78, 5) is 0. The highest BCUT2D eigenvalue weighted by Gasteiger charge is 2.02. The zero-order valence-electron chi connectivity index (χ0n) is 8.79. The van der Waals surface area contributed by atoms with Crippen molar-refractivity contribution >= 4 is 0 Å². The van der Waals surface area contributed by atoms with E-state index in [-0.39, 0.29) is 5.75 Å². The molecule has 0 spiro atoms. The van der Waals surface area contributed by atoms with Crippen LogP contribution in [-0.4, -0.2) is 11.7 Å². The lowest BCUT2D eigenvalue weighted by Crippen LogP contribution is -1.93. The van der Waals surface area contributed by atoms with Crippen LogP contribution >= 0.6 is 0 Å². The second-order valence-electron chi connectivity index (χ2n) is 3.26. The lowest BCUT2D eigenvalue weighted by molar-refractivity contribution is 0.220. The minimum atomic E-state index is -0.588. The summed E-state index contributed by atoms with van der Waals surface area (Å²) in [6, 6.07) is 4.38. The van der Waals surface area contributed by atoms with E-state index in [4.69, 9.17) is 9.84 Å². The maximum absolute atomic E-state index is 12.9. The van der Waals surface area contributed by atoms with Gasteiger partial charge in [-0.25, -0.2) is 4.39 Å². The highest BCUT2D eigenvalue weighted by Crippen LogP contribution is 2.18. The summed E-state index contributed by atoms with van der Waals surface area (Å²) in [7, 11) is 0. The van der Waals surface area contributed by atoms with Crippen molar-refractivity contribution in [2.45, 2.75) is 19.8 Å². The van der Waals surface area contributed by atoms with E-state index in [0.29, 0.717) is 25.2 Å². The number of aryl methyl sites for hydroxylation is 1. The molecule has 0 saturated carbocycles. The molecule has 0 unspecified atom stereocenters. The third kappa shape index (κ3) is 3.62. The van der Waals surface area contributed by atoms with Crippen molar-refractivity contribution in [3.05, 3.63) is 41.9 Å². The first kappa shape index (κ1) is 11.6. The number of benzene rings is 1. The molecule has 1 aromatic rings. The van der Waals surface area contributed by atoms with Crippen LogP contribution in [0.1, 0.15) is 18.9 Å². The van der Waals surface area contributed by atoms with Crippen molar-refractivity contribution < 1.29 is 14.2 Å². The average Bonchev–Trinajstić information content (AvgIpc) is 2.20. The fourth-order valence-electron chi connectivity index (χ4n) is 1.27. The van der Waals surface area contributed by atoms with Crippen LogP contribution in [0, 0.1) is 5.82 Å². The van der Waals surface area contributed by atoms with Crippen LogP contribution in [0.4, 0.5) is 4.39 Å². The van der Waals surface area contributed by atoms with Gasteiger partial charge in [0.2, 0.25) is 0 Å². The van der Waals surface area contributed by atoms with Gasteiger partial charge in [-0.2, -0.15) is 0 Å². The molecule has 0 aliphatic carbocycles. The Bertz CT molecular complexity index is 347. The minimum absolute atomic E-state index is 0.317. The van der Waals surface area contributed by atoms with Gasteiger partial charge < -0.3 is 9.84 Å². The first-order valence-electron chi connectivity index (χ1n) is 4.91. The summed E-state index contributed by atoms with van der Waals surface area (Å²) >= 11 is 0. The van der Waals surface area contributed by atoms with E-state index >= 15 is 0 Å². The van der Waals surface area contributed by atoms with Gasteiger partial charge >= 0.3 is 0 Å². The van der Waals surface area contributed by atoms with Crippen LogP contribution in [0.5, 0.6) is 5.75 Å². The van der Waals surface area contributed by atoms with Crippen molar-refractivity contribution in [1.29, 1.82) is 0 Å². The van der Waals surface area contributed by atoms with Gasteiger partial charge in [-0.3, -0.25) is 0 Å². The topological polar surface area (TPSA) is 29.5 Å². The Morgan fingerprint density at radius 2 is 2.27 bits per heavy atom. The fourth-order valence-corrected chi connectivity index (χ4v) is 1.27. The van der Waals surface area contributed by atoms with Crippen molar-refractivity contribution in [2.75, 3.05) is 6.61 Å². The van der Waals surface area contributed by atoms with E-state index in [2.05, 4.69) is 6.58 Å². The van der Waals surface area contributed by atoms with E-state index in [9.17, 15) is 4.39 Å². The molecule has 1 rings (SSSR count). The third-order valence-electron chi connectivity index (χ3n) is 2.05. The third-order valence-corrected chi connectivity index (χ3v) is 2.05. The van der Waals surface area contributed by atoms with Gasteiger partial charge in [-0.15, -0.1) is 0 Å². The van der Waals surface area contributed by atoms with Crippen LogP contribution in [0.15, 0.2) is 30.5 Å². The molecule has 15 heavy (non-hydrogen) atoms. The highest BCUT2D eigenvalue weighted by atomic mass is 19.1. The summed E-state index contributed by atoms with van der Waals surface area (Å²) < 4.78 is 18.1. The molecule has 3 heteroatoms. The Balaban J connectivity index is 2.51. The summed E-state index contributed by atoms with van der Waals surface area (Å²) in [6.07, 6.45) is 1.33. The minimum Gasteiger partial charge on any atom is -0.505 e. The fraction of sp³-hybridized carbons (Fsp3) is 0.333. The normalized spacial score (nSPS) is 10.0. The molecule has 0 radical (unpaired) electrons. The van der Waals surface area contributed by atoms with E-state index in [1.165, 1.54) is 12.1 Å². The second kappa shape index (κ2) is 5.39. The molecule has 0 bridgehead atoms. The maximum atomic E-state index is 12.9. The van der Waals surface area contributed by atoms with Gasteiger partial charge in [0.05, 0.1) is 12.4 Å². The summed E-state index contributed by atoms with van der Waals surface area (Å²) in [5.41, 5.74) is 0.825. The monoisotopic (exact) mass is 210 g/mol.